The van der Waals surface area contributed by atoms with E-state index in [1.54, 1.807) is 11.3 Å². The van der Waals surface area contributed by atoms with Crippen molar-refractivity contribution in [2.45, 2.75) is 31.7 Å². The summed E-state index contributed by atoms with van der Waals surface area (Å²) in [7, 11) is 0. The van der Waals surface area contributed by atoms with Gasteiger partial charge < -0.3 is 10.4 Å². The highest BCUT2D eigenvalue weighted by Gasteiger charge is 2.36. The second kappa shape index (κ2) is 7.37. The molecule has 1 heterocycles. The Morgan fingerprint density at radius 3 is 2.52 bits per heavy atom. The lowest BCUT2D eigenvalue weighted by molar-refractivity contribution is -0.147. The molecular formula is C17H18FNO3S. The first-order valence-electron chi connectivity index (χ1n) is 7.24. The predicted molar refractivity (Wildman–Crippen MR) is 86.8 cm³/mol. The molecule has 6 heteroatoms. The molecule has 0 radical (unpaired) electrons. The monoisotopic (exact) mass is 335 g/mol. The molecule has 122 valence electrons. The van der Waals surface area contributed by atoms with E-state index < -0.39 is 17.3 Å². The van der Waals surface area contributed by atoms with Crippen LogP contribution in [0.1, 0.15) is 30.2 Å². The molecule has 0 bridgehead atoms. The summed E-state index contributed by atoms with van der Waals surface area (Å²) < 4.78 is 13.0. The van der Waals surface area contributed by atoms with Gasteiger partial charge in [0.05, 0.1) is 0 Å². The summed E-state index contributed by atoms with van der Waals surface area (Å²) in [4.78, 5) is 24.9. The number of hydrogen-bond donors (Lipinski definition) is 2. The van der Waals surface area contributed by atoms with E-state index in [-0.39, 0.29) is 12.3 Å². The molecule has 0 saturated heterocycles. The molecule has 1 amide bonds. The minimum absolute atomic E-state index is 0.238. The van der Waals surface area contributed by atoms with Crippen LogP contribution < -0.4 is 5.32 Å². The first-order valence-corrected chi connectivity index (χ1v) is 8.12. The van der Waals surface area contributed by atoms with Crippen LogP contribution in [0.2, 0.25) is 0 Å². The van der Waals surface area contributed by atoms with Gasteiger partial charge in [0.25, 0.3) is 0 Å². The second-order valence-corrected chi connectivity index (χ2v) is 6.45. The standard InChI is InChI=1S/C17H18FNO3S/c1-17(16(21)22,12-7-9-13(18)10-8-12)19-15(20)6-2-4-14-5-3-11-23-14/h3,5,7-11H,2,4,6H2,1H3,(H,19,20)(H,21,22). The molecule has 23 heavy (non-hydrogen) atoms. The number of benzene rings is 1. The van der Waals surface area contributed by atoms with Crippen LogP contribution in [-0.2, 0) is 21.5 Å². The van der Waals surface area contributed by atoms with Crippen LogP contribution in [-0.4, -0.2) is 17.0 Å². The predicted octanol–water partition coefficient (Wildman–Crippen LogP) is 3.33. The van der Waals surface area contributed by atoms with Gasteiger partial charge in [-0.2, -0.15) is 0 Å². The second-order valence-electron chi connectivity index (χ2n) is 5.42. The normalized spacial score (nSPS) is 13.3. The summed E-state index contributed by atoms with van der Waals surface area (Å²) in [6.07, 6.45) is 1.67. The smallest absolute Gasteiger partial charge is 0.333 e. The highest BCUT2D eigenvalue weighted by molar-refractivity contribution is 7.09. The summed E-state index contributed by atoms with van der Waals surface area (Å²) in [6.45, 7) is 1.40. The molecule has 2 rings (SSSR count). The minimum Gasteiger partial charge on any atom is -0.479 e. The zero-order valence-electron chi connectivity index (χ0n) is 12.7. The van der Waals surface area contributed by atoms with Gasteiger partial charge in [-0.25, -0.2) is 9.18 Å². The average Bonchev–Trinajstić information content (AvgIpc) is 3.00. The zero-order chi connectivity index (χ0) is 16.9. The minimum atomic E-state index is -1.58. The molecule has 1 aromatic carbocycles. The summed E-state index contributed by atoms with van der Waals surface area (Å²) in [5.41, 5.74) is -1.24. The molecule has 2 aromatic rings. The Hall–Kier alpha value is -2.21. The summed E-state index contributed by atoms with van der Waals surface area (Å²) in [5, 5.41) is 14.0. The number of carbonyl (C=O) groups excluding carboxylic acids is 1. The Labute approximate surface area is 138 Å². The van der Waals surface area contributed by atoms with Crippen molar-refractivity contribution in [3.63, 3.8) is 0 Å². The molecule has 0 fully saturated rings. The van der Waals surface area contributed by atoms with Crippen molar-refractivity contribution in [3.8, 4) is 0 Å². The highest BCUT2D eigenvalue weighted by Crippen LogP contribution is 2.22. The Kier molecular flexibility index (Phi) is 5.50. The van der Waals surface area contributed by atoms with Crippen molar-refractivity contribution in [2.75, 3.05) is 0 Å². The summed E-state index contributed by atoms with van der Waals surface area (Å²) in [6, 6.07) is 9.06. The molecule has 0 aliphatic carbocycles. The molecule has 0 saturated carbocycles. The van der Waals surface area contributed by atoms with Gasteiger partial charge in [0.2, 0.25) is 5.91 Å². The number of carboxylic acid groups (broad SMARTS) is 1. The largest absolute Gasteiger partial charge is 0.479 e. The first kappa shape index (κ1) is 17.1. The van der Waals surface area contributed by atoms with Crippen molar-refractivity contribution in [2.24, 2.45) is 0 Å². The third-order valence-electron chi connectivity index (χ3n) is 3.65. The summed E-state index contributed by atoms with van der Waals surface area (Å²) >= 11 is 1.63. The van der Waals surface area contributed by atoms with Gasteiger partial charge in [-0.3, -0.25) is 4.79 Å². The van der Waals surface area contributed by atoms with Gasteiger partial charge in [0, 0.05) is 11.3 Å². The molecule has 2 N–H and O–H groups in total. The van der Waals surface area contributed by atoms with Crippen LogP contribution in [0.4, 0.5) is 4.39 Å². The van der Waals surface area contributed by atoms with Gasteiger partial charge in [-0.1, -0.05) is 18.2 Å². The quantitative estimate of drug-likeness (QED) is 0.816. The third-order valence-corrected chi connectivity index (χ3v) is 4.58. The molecule has 1 atom stereocenters. The van der Waals surface area contributed by atoms with Crippen molar-refractivity contribution in [1.82, 2.24) is 5.32 Å². The van der Waals surface area contributed by atoms with E-state index in [4.69, 9.17) is 0 Å². The number of rotatable bonds is 7. The van der Waals surface area contributed by atoms with E-state index in [1.807, 2.05) is 17.5 Å². The number of nitrogens with one attached hydrogen (secondary N) is 1. The van der Waals surface area contributed by atoms with Gasteiger partial charge in [0.15, 0.2) is 5.54 Å². The molecule has 1 aromatic heterocycles. The maximum absolute atomic E-state index is 13.0. The number of aryl methyl sites for hydroxylation is 1. The van der Waals surface area contributed by atoms with Gasteiger partial charge in [-0.15, -0.1) is 11.3 Å². The van der Waals surface area contributed by atoms with Crippen molar-refractivity contribution >= 4 is 23.2 Å². The fraction of sp³-hybridized carbons (Fsp3) is 0.294. The fourth-order valence-corrected chi connectivity index (χ4v) is 3.00. The number of carboxylic acids is 1. The average molecular weight is 335 g/mol. The molecule has 1 unspecified atom stereocenters. The van der Waals surface area contributed by atoms with Crippen LogP contribution >= 0.6 is 11.3 Å². The number of halogens is 1. The highest BCUT2D eigenvalue weighted by atomic mass is 32.1. The van der Waals surface area contributed by atoms with E-state index in [1.165, 1.54) is 36.1 Å². The van der Waals surface area contributed by atoms with E-state index in [0.29, 0.717) is 12.0 Å². The molecule has 4 nitrogen and oxygen atoms in total. The van der Waals surface area contributed by atoms with Crippen molar-refractivity contribution in [1.29, 1.82) is 0 Å². The fourth-order valence-electron chi connectivity index (χ4n) is 2.25. The molecule has 0 spiro atoms. The van der Waals surface area contributed by atoms with Crippen LogP contribution in [0, 0.1) is 5.82 Å². The summed E-state index contributed by atoms with van der Waals surface area (Å²) in [5.74, 6) is -1.98. The maximum Gasteiger partial charge on any atom is 0.333 e. The number of aliphatic carboxylic acids is 1. The Morgan fingerprint density at radius 1 is 1.26 bits per heavy atom. The molecule has 0 aliphatic heterocycles. The SMILES string of the molecule is CC(NC(=O)CCCc1cccs1)(C(=O)O)c1ccc(F)cc1. The van der Waals surface area contributed by atoms with Gasteiger partial charge >= 0.3 is 5.97 Å². The van der Waals surface area contributed by atoms with Crippen molar-refractivity contribution in [3.05, 3.63) is 58.0 Å². The third kappa shape index (κ3) is 4.39. The number of carbonyl (C=O) groups is 2. The molecular weight excluding hydrogens is 317 g/mol. The number of hydrogen-bond acceptors (Lipinski definition) is 3. The van der Waals surface area contributed by atoms with Crippen LogP contribution in [0.5, 0.6) is 0 Å². The van der Waals surface area contributed by atoms with Crippen molar-refractivity contribution < 1.29 is 19.1 Å². The van der Waals surface area contributed by atoms with E-state index in [0.717, 1.165) is 6.42 Å². The number of amides is 1. The van der Waals surface area contributed by atoms with Crippen LogP contribution in [0.15, 0.2) is 41.8 Å². The lowest BCUT2D eigenvalue weighted by Gasteiger charge is -2.26. The van der Waals surface area contributed by atoms with Gasteiger partial charge in [0.1, 0.15) is 5.82 Å². The van der Waals surface area contributed by atoms with E-state index in [9.17, 15) is 19.1 Å². The Balaban J connectivity index is 1.99. The number of thiophene rings is 1. The Morgan fingerprint density at radius 2 is 1.96 bits per heavy atom. The van der Waals surface area contributed by atoms with Crippen LogP contribution in [0.25, 0.3) is 0 Å². The zero-order valence-corrected chi connectivity index (χ0v) is 13.5. The first-order chi connectivity index (χ1) is 10.9. The van der Waals surface area contributed by atoms with E-state index in [2.05, 4.69) is 5.32 Å². The maximum atomic E-state index is 13.0. The topological polar surface area (TPSA) is 66.4 Å². The lowest BCUT2D eigenvalue weighted by atomic mass is 9.91. The molecule has 0 aliphatic rings. The van der Waals surface area contributed by atoms with Gasteiger partial charge in [-0.05, 0) is 48.9 Å². The Bertz CT molecular complexity index is 670. The lowest BCUT2D eigenvalue weighted by Crippen LogP contribution is -2.49. The van der Waals surface area contributed by atoms with E-state index >= 15 is 0 Å². The van der Waals surface area contributed by atoms with Crippen LogP contribution in [0.3, 0.4) is 0 Å².